The van der Waals surface area contributed by atoms with Gasteiger partial charge in [0.15, 0.2) is 17.8 Å². The molecule has 1 aliphatic rings. The third kappa shape index (κ3) is 1.95. The van der Waals surface area contributed by atoms with Gasteiger partial charge in [0.25, 0.3) is 0 Å². The van der Waals surface area contributed by atoms with Crippen molar-refractivity contribution in [1.29, 1.82) is 0 Å². The zero-order chi connectivity index (χ0) is 11.5. The Balaban J connectivity index is 2.21. The third-order valence-corrected chi connectivity index (χ3v) is 2.71. The second-order valence-corrected chi connectivity index (χ2v) is 3.84. The van der Waals surface area contributed by atoms with Crippen LogP contribution in [0, 0.1) is 5.92 Å². The van der Waals surface area contributed by atoms with Crippen LogP contribution in [0.4, 0.5) is 0 Å². The van der Waals surface area contributed by atoms with Crippen LogP contribution in [0.5, 0.6) is 0 Å². The Labute approximate surface area is 93.7 Å². The molecule has 0 saturated carbocycles. The predicted molar refractivity (Wildman–Crippen MR) is 54.9 cm³/mol. The van der Waals surface area contributed by atoms with Gasteiger partial charge in [-0.1, -0.05) is 6.92 Å². The van der Waals surface area contributed by atoms with Gasteiger partial charge in [-0.25, -0.2) is 9.78 Å². The van der Waals surface area contributed by atoms with Crippen LogP contribution in [0.25, 0.3) is 0 Å². The van der Waals surface area contributed by atoms with E-state index >= 15 is 0 Å². The van der Waals surface area contributed by atoms with Crippen molar-refractivity contribution >= 4 is 5.97 Å². The standard InChI is InChI=1S/C11H15NO4/c1-3-14-11(13)8-10(16-6-12-8)9-7(2)4-5-15-9/h6-7,9H,3-5H2,1-2H3. The van der Waals surface area contributed by atoms with Crippen molar-refractivity contribution in [3.8, 4) is 0 Å². The van der Waals surface area contributed by atoms with E-state index < -0.39 is 5.97 Å². The van der Waals surface area contributed by atoms with Crippen molar-refractivity contribution < 1.29 is 18.7 Å². The fourth-order valence-corrected chi connectivity index (χ4v) is 1.84. The molecule has 0 amide bonds. The van der Waals surface area contributed by atoms with E-state index in [9.17, 15) is 4.79 Å². The van der Waals surface area contributed by atoms with Gasteiger partial charge < -0.3 is 13.9 Å². The van der Waals surface area contributed by atoms with Gasteiger partial charge in [-0.2, -0.15) is 0 Å². The number of aromatic nitrogens is 1. The highest BCUT2D eigenvalue weighted by Crippen LogP contribution is 2.35. The molecule has 5 nitrogen and oxygen atoms in total. The number of hydrogen-bond donors (Lipinski definition) is 0. The first-order valence-electron chi connectivity index (χ1n) is 5.46. The Bertz CT molecular complexity index is 374. The zero-order valence-electron chi connectivity index (χ0n) is 9.43. The van der Waals surface area contributed by atoms with Gasteiger partial charge in [0.2, 0.25) is 0 Å². The van der Waals surface area contributed by atoms with Crippen LogP contribution in [-0.2, 0) is 9.47 Å². The van der Waals surface area contributed by atoms with E-state index in [2.05, 4.69) is 11.9 Å². The van der Waals surface area contributed by atoms with E-state index in [0.29, 0.717) is 24.9 Å². The van der Waals surface area contributed by atoms with Gasteiger partial charge in [0, 0.05) is 6.61 Å². The molecule has 1 aromatic heterocycles. The Morgan fingerprint density at radius 2 is 2.50 bits per heavy atom. The quantitative estimate of drug-likeness (QED) is 0.736. The minimum Gasteiger partial charge on any atom is -0.461 e. The van der Waals surface area contributed by atoms with Crippen LogP contribution in [0.1, 0.15) is 42.6 Å². The van der Waals surface area contributed by atoms with E-state index in [4.69, 9.17) is 13.9 Å². The maximum atomic E-state index is 11.6. The first kappa shape index (κ1) is 11.1. The molecular weight excluding hydrogens is 210 g/mol. The highest BCUT2D eigenvalue weighted by molar-refractivity contribution is 5.88. The van der Waals surface area contributed by atoms with E-state index in [-0.39, 0.29) is 11.8 Å². The normalized spacial score (nSPS) is 24.6. The first-order chi connectivity index (χ1) is 7.74. The molecule has 2 heterocycles. The average Bonchev–Trinajstić information content (AvgIpc) is 2.85. The van der Waals surface area contributed by atoms with Gasteiger partial charge in [-0.3, -0.25) is 0 Å². The maximum absolute atomic E-state index is 11.6. The fraction of sp³-hybridized carbons (Fsp3) is 0.636. The van der Waals surface area contributed by atoms with Gasteiger partial charge in [0.1, 0.15) is 6.10 Å². The summed E-state index contributed by atoms with van der Waals surface area (Å²) < 4.78 is 15.7. The van der Waals surface area contributed by atoms with E-state index in [1.807, 2.05) is 0 Å². The molecule has 0 aromatic carbocycles. The average molecular weight is 225 g/mol. The topological polar surface area (TPSA) is 61.6 Å². The molecule has 88 valence electrons. The maximum Gasteiger partial charge on any atom is 0.360 e. The van der Waals surface area contributed by atoms with Crippen molar-refractivity contribution in [1.82, 2.24) is 4.98 Å². The Hall–Kier alpha value is -1.36. The van der Waals surface area contributed by atoms with Gasteiger partial charge >= 0.3 is 5.97 Å². The molecule has 16 heavy (non-hydrogen) atoms. The largest absolute Gasteiger partial charge is 0.461 e. The van der Waals surface area contributed by atoms with Crippen LogP contribution in [0.3, 0.4) is 0 Å². The van der Waals surface area contributed by atoms with Crippen LogP contribution >= 0.6 is 0 Å². The molecule has 1 saturated heterocycles. The van der Waals surface area contributed by atoms with Crippen molar-refractivity contribution in [2.24, 2.45) is 5.92 Å². The van der Waals surface area contributed by atoms with E-state index in [1.54, 1.807) is 6.92 Å². The number of carbonyl (C=O) groups excluding carboxylic acids is 1. The highest BCUT2D eigenvalue weighted by Gasteiger charge is 2.33. The van der Waals surface area contributed by atoms with E-state index in [0.717, 1.165) is 6.42 Å². The minimum absolute atomic E-state index is 0.179. The van der Waals surface area contributed by atoms with Crippen LogP contribution in [0.15, 0.2) is 10.8 Å². The number of ether oxygens (including phenoxy) is 2. The number of esters is 1. The molecular formula is C11H15NO4. The summed E-state index contributed by atoms with van der Waals surface area (Å²) in [5.41, 5.74) is 0.237. The SMILES string of the molecule is CCOC(=O)c1ncoc1C1OCCC1C. The van der Waals surface area contributed by atoms with Crippen LogP contribution < -0.4 is 0 Å². The Kier molecular flexibility index (Phi) is 3.24. The molecule has 0 spiro atoms. The Morgan fingerprint density at radius 1 is 1.69 bits per heavy atom. The molecule has 2 atom stereocenters. The molecule has 1 aliphatic heterocycles. The monoisotopic (exact) mass is 225 g/mol. The van der Waals surface area contributed by atoms with Crippen LogP contribution in [0.2, 0.25) is 0 Å². The van der Waals surface area contributed by atoms with Gasteiger partial charge in [-0.05, 0) is 19.3 Å². The van der Waals surface area contributed by atoms with Gasteiger partial charge in [-0.15, -0.1) is 0 Å². The molecule has 0 radical (unpaired) electrons. The third-order valence-electron chi connectivity index (χ3n) is 2.71. The predicted octanol–water partition coefficient (Wildman–Crippen LogP) is 1.95. The molecule has 5 heteroatoms. The summed E-state index contributed by atoms with van der Waals surface area (Å²) in [7, 11) is 0. The number of hydrogen-bond acceptors (Lipinski definition) is 5. The molecule has 0 aliphatic carbocycles. The summed E-state index contributed by atoms with van der Waals surface area (Å²) in [6.07, 6.45) is 2.05. The summed E-state index contributed by atoms with van der Waals surface area (Å²) in [5, 5.41) is 0. The molecule has 2 rings (SSSR count). The van der Waals surface area contributed by atoms with Crippen LogP contribution in [-0.4, -0.2) is 24.2 Å². The van der Waals surface area contributed by atoms with Crippen molar-refractivity contribution in [3.05, 3.63) is 17.8 Å². The summed E-state index contributed by atoms with van der Waals surface area (Å²) in [5.74, 6) is 0.374. The van der Waals surface area contributed by atoms with Crippen molar-refractivity contribution in [2.75, 3.05) is 13.2 Å². The minimum atomic E-state index is -0.450. The van der Waals surface area contributed by atoms with Crippen molar-refractivity contribution in [3.63, 3.8) is 0 Å². The lowest BCUT2D eigenvalue weighted by molar-refractivity contribution is 0.0485. The summed E-state index contributed by atoms with van der Waals surface area (Å²) in [6, 6.07) is 0. The van der Waals surface area contributed by atoms with Crippen molar-refractivity contribution in [2.45, 2.75) is 26.4 Å². The highest BCUT2D eigenvalue weighted by atomic mass is 16.5. The lowest BCUT2D eigenvalue weighted by atomic mass is 10.0. The molecule has 2 unspecified atom stereocenters. The lowest BCUT2D eigenvalue weighted by Gasteiger charge is -2.12. The molecule has 0 N–H and O–H groups in total. The summed E-state index contributed by atoms with van der Waals surface area (Å²) in [6.45, 7) is 4.84. The number of nitrogens with zero attached hydrogens (tertiary/aromatic N) is 1. The second kappa shape index (κ2) is 4.65. The summed E-state index contributed by atoms with van der Waals surface area (Å²) >= 11 is 0. The fourth-order valence-electron chi connectivity index (χ4n) is 1.84. The second-order valence-electron chi connectivity index (χ2n) is 3.84. The van der Waals surface area contributed by atoms with E-state index in [1.165, 1.54) is 6.39 Å². The molecule has 0 bridgehead atoms. The number of rotatable bonds is 3. The first-order valence-corrected chi connectivity index (χ1v) is 5.46. The molecule has 1 fully saturated rings. The zero-order valence-corrected chi connectivity index (χ0v) is 9.43. The number of carbonyl (C=O) groups is 1. The smallest absolute Gasteiger partial charge is 0.360 e. The number of oxazole rings is 1. The Morgan fingerprint density at radius 3 is 3.12 bits per heavy atom. The molecule has 1 aromatic rings. The summed E-state index contributed by atoms with van der Waals surface area (Å²) in [4.78, 5) is 15.5. The lowest BCUT2D eigenvalue weighted by Crippen LogP contribution is -2.12. The van der Waals surface area contributed by atoms with Gasteiger partial charge in [0.05, 0.1) is 6.61 Å².